The smallest absolute Gasteiger partial charge is 0.191 e. The summed E-state index contributed by atoms with van der Waals surface area (Å²) in [5.74, 6) is 0.901. The first-order valence-electron chi connectivity index (χ1n) is 8.46. The highest BCUT2D eigenvalue weighted by molar-refractivity contribution is 5.79. The number of likely N-dealkylation sites (N-methyl/N-ethyl adjacent to an activating group) is 1. The molecular weight excluding hydrogens is 276 g/mol. The third-order valence-corrected chi connectivity index (χ3v) is 5.25. The van der Waals surface area contributed by atoms with Crippen molar-refractivity contribution < 1.29 is 4.74 Å². The molecule has 0 radical (unpaired) electrons. The van der Waals surface area contributed by atoms with Gasteiger partial charge in [0.25, 0.3) is 0 Å². The van der Waals surface area contributed by atoms with Crippen molar-refractivity contribution >= 4 is 5.96 Å². The number of nitrogens with zero attached hydrogens (tertiary/aromatic N) is 2. The fourth-order valence-corrected chi connectivity index (χ4v) is 2.91. The molecule has 0 aliphatic heterocycles. The fraction of sp³-hybridized carbons (Fsp3) is 0.941. The summed E-state index contributed by atoms with van der Waals surface area (Å²) in [5, 5.41) is 6.99. The van der Waals surface area contributed by atoms with Gasteiger partial charge < -0.3 is 20.3 Å². The van der Waals surface area contributed by atoms with E-state index < -0.39 is 0 Å². The lowest BCUT2D eigenvalue weighted by Crippen LogP contribution is -2.52. The Kier molecular flexibility index (Phi) is 7.63. The Bertz CT molecular complexity index is 347. The van der Waals surface area contributed by atoms with Crippen LogP contribution in [0.3, 0.4) is 0 Å². The lowest BCUT2D eigenvalue weighted by Gasteiger charge is -2.34. The zero-order valence-electron chi connectivity index (χ0n) is 15.5. The Morgan fingerprint density at radius 3 is 2.36 bits per heavy atom. The maximum atomic E-state index is 5.30. The molecule has 0 saturated heterocycles. The second kappa shape index (κ2) is 8.73. The van der Waals surface area contributed by atoms with Gasteiger partial charge in [0, 0.05) is 39.4 Å². The molecule has 1 aliphatic rings. The van der Waals surface area contributed by atoms with E-state index in [4.69, 9.17) is 4.74 Å². The van der Waals surface area contributed by atoms with Crippen molar-refractivity contribution in [1.82, 2.24) is 15.5 Å². The summed E-state index contributed by atoms with van der Waals surface area (Å²) in [5.41, 5.74) is 0.476. The predicted octanol–water partition coefficient (Wildman–Crippen LogP) is 2.09. The zero-order valence-corrected chi connectivity index (χ0v) is 15.5. The molecule has 1 fully saturated rings. The Hall–Kier alpha value is -0.810. The second-order valence-electron chi connectivity index (χ2n) is 7.44. The molecule has 0 bridgehead atoms. The minimum absolute atomic E-state index is 0.0959. The van der Waals surface area contributed by atoms with Gasteiger partial charge in [0.1, 0.15) is 0 Å². The number of nitrogens with one attached hydrogen (secondary N) is 2. The minimum Gasteiger partial charge on any atom is -0.385 e. The van der Waals surface area contributed by atoms with Gasteiger partial charge in [0.05, 0.1) is 0 Å². The second-order valence-corrected chi connectivity index (χ2v) is 7.44. The fourth-order valence-electron chi connectivity index (χ4n) is 2.91. The molecule has 22 heavy (non-hydrogen) atoms. The van der Waals surface area contributed by atoms with E-state index in [0.717, 1.165) is 32.1 Å². The molecular formula is C17H36N4O. The van der Waals surface area contributed by atoms with Crippen molar-refractivity contribution in [3.8, 4) is 0 Å². The molecule has 1 aliphatic carbocycles. The molecule has 0 atom stereocenters. The van der Waals surface area contributed by atoms with Gasteiger partial charge in [-0.3, -0.25) is 4.99 Å². The van der Waals surface area contributed by atoms with Crippen LogP contribution in [0.15, 0.2) is 4.99 Å². The average Bonchev–Trinajstić information content (AvgIpc) is 2.94. The molecule has 0 aromatic rings. The van der Waals surface area contributed by atoms with Crippen molar-refractivity contribution in [1.29, 1.82) is 0 Å². The molecule has 1 rings (SSSR count). The van der Waals surface area contributed by atoms with Gasteiger partial charge in [0.15, 0.2) is 5.96 Å². The molecule has 0 heterocycles. The number of hydrogen-bond acceptors (Lipinski definition) is 3. The summed E-state index contributed by atoms with van der Waals surface area (Å²) in [6.07, 6.45) is 6.40. The van der Waals surface area contributed by atoms with Gasteiger partial charge in [-0.15, -0.1) is 0 Å². The van der Waals surface area contributed by atoms with Crippen LogP contribution in [0.5, 0.6) is 0 Å². The van der Waals surface area contributed by atoms with Crippen LogP contribution >= 0.6 is 0 Å². The topological polar surface area (TPSA) is 48.9 Å². The van der Waals surface area contributed by atoms with E-state index in [2.05, 4.69) is 48.5 Å². The number of aliphatic imine (C=N–C) groups is 1. The number of guanidine groups is 1. The predicted molar refractivity (Wildman–Crippen MR) is 94.5 cm³/mol. The van der Waals surface area contributed by atoms with Gasteiger partial charge in [-0.2, -0.15) is 0 Å². The standard InChI is InChI=1S/C17H36N4O/c1-16(2,21(4)5)13-19-15(18-3)20-14-17(11-12-22-6)9-7-8-10-17/h7-14H2,1-6H3,(H2,18,19,20). The molecule has 2 N–H and O–H groups in total. The minimum atomic E-state index is 0.0959. The molecule has 0 aromatic carbocycles. The summed E-state index contributed by atoms with van der Waals surface area (Å²) < 4.78 is 5.30. The largest absolute Gasteiger partial charge is 0.385 e. The molecule has 1 saturated carbocycles. The third kappa shape index (κ3) is 5.76. The van der Waals surface area contributed by atoms with Gasteiger partial charge in [-0.1, -0.05) is 12.8 Å². The van der Waals surface area contributed by atoms with E-state index in [1.165, 1.54) is 25.7 Å². The Morgan fingerprint density at radius 2 is 1.86 bits per heavy atom. The van der Waals surface area contributed by atoms with E-state index in [1.54, 1.807) is 7.11 Å². The number of ether oxygens (including phenoxy) is 1. The quantitative estimate of drug-likeness (QED) is 0.532. The van der Waals surface area contributed by atoms with Crippen molar-refractivity contribution in [2.24, 2.45) is 10.4 Å². The summed E-state index contributed by atoms with van der Waals surface area (Å²) in [6, 6.07) is 0. The lowest BCUT2D eigenvalue weighted by atomic mass is 9.83. The van der Waals surface area contributed by atoms with Crippen LogP contribution in [0.25, 0.3) is 0 Å². The van der Waals surface area contributed by atoms with Gasteiger partial charge in [-0.05, 0) is 52.6 Å². The van der Waals surface area contributed by atoms with Crippen molar-refractivity contribution in [3.63, 3.8) is 0 Å². The first-order chi connectivity index (χ1) is 10.4. The monoisotopic (exact) mass is 312 g/mol. The molecule has 0 unspecified atom stereocenters. The molecule has 0 aromatic heterocycles. The summed E-state index contributed by atoms with van der Waals surface area (Å²) in [6.45, 7) is 7.15. The van der Waals surface area contributed by atoms with Crippen LogP contribution in [0.4, 0.5) is 0 Å². The normalized spacial score (nSPS) is 18.8. The summed E-state index contributed by atoms with van der Waals surface area (Å²) in [4.78, 5) is 6.59. The SMILES string of the molecule is CN=C(NCC1(CCOC)CCCC1)NCC(C)(C)N(C)C. The van der Waals surface area contributed by atoms with Crippen LogP contribution in [0.2, 0.25) is 0 Å². The maximum Gasteiger partial charge on any atom is 0.191 e. The number of rotatable bonds is 8. The van der Waals surface area contributed by atoms with E-state index in [0.29, 0.717) is 5.41 Å². The molecule has 5 heteroatoms. The third-order valence-electron chi connectivity index (χ3n) is 5.25. The summed E-state index contributed by atoms with van der Waals surface area (Å²) >= 11 is 0. The van der Waals surface area contributed by atoms with Crippen molar-refractivity contribution in [3.05, 3.63) is 0 Å². The Morgan fingerprint density at radius 1 is 1.23 bits per heavy atom. The first-order valence-corrected chi connectivity index (χ1v) is 8.46. The van der Waals surface area contributed by atoms with Crippen LogP contribution in [-0.4, -0.2) is 64.3 Å². The van der Waals surface area contributed by atoms with Gasteiger partial charge >= 0.3 is 0 Å². The molecule has 5 nitrogen and oxygen atoms in total. The molecule has 130 valence electrons. The maximum absolute atomic E-state index is 5.30. The number of methoxy groups -OCH3 is 1. The summed E-state index contributed by atoms with van der Waals surface area (Å²) in [7, 11) is 7.85. The Balaban J connectivity index is 2.48. The highest BCUT2D eigenvalue weighted by Gasteiger charge is 2.33. The van der Waals surface area contributed by atoms with E-state index >= 15 is 0 Å². The zero-order chi connectivity index (χ0) is 16.6. The van der Waals surface area contributed by atoms with Gasteiger partial charge in [-0.25, -0.2) is 0 Å². The lowest BCUT2D eigenvalue weighted by molar-refractivity contribution is 0.138. The van der Waals surface area contributed by atoms with E-state index in [1.807, 2.05) is 7.05 Å². The van der Waals surface area contributed by atoms with Crippen molar-refractivity contribution in [2.45, 2.75) is 51.5 Å². The Labute approximate surface area is 136 Å². The van der Waals surface area contributed by atoms with Crippen LogP contribution < -0.4 is 10.6 Å². The molecule has 0 amide bonds. The van der Waals surface area contributed by atoms with Gasteiger partial charge in [0.2, 0.25) is 0 Å². The highest BCUT2D eigenvalue weighted by atomic mass is 16.5. The molecule has 0 spiro atoms. The van der Waals surface area contributed by atoms with Crippen LogP contribution in [0.1, 0.15) is 46.0 Å². The first kappa shape index (κ1) is 19.2. The van der Waals surface area contributed by atoms with E-state index in [9.17, 15) is 0 Å². The van der Waals surface area contributed by atoms with Crippen LogP contribution in [-0.2, 0) is 4.74 Å². The van der Waals surface area contributed by atoms with Crippen LogP contribution in [0, 0.1) is 5.41 Å². The van der Waals surface area contributed by atoms with Crippen molar-refractivity contribution in [2.75, 3.05) is 47.9 Å². The number of hydrogen-bond donors (Lipinski definition) is 2. The highest BCUT2D eigenvalue weighted by Crippen LogP contribution is 2.40. The van der Waals surface area contributed by atoms with E-state index in [-0.39, 0.29) is 5.54 Å². The average molecular weight is 313 g/mol.